The van der Waals surface area contributed by atoms with E-state index >= 15 is 0 Å². The summed E-state index contributed by atoms with van der Waals surface area (Å²) in [5.41, 5.74) is 3.50. The highest BCUT2D eigenvalue weighted by molar-refractivity contribution is 5.98. The first kappa shape index (κ1) is 22.3. The van der Waals surface area contributed by atoms with Gasteiger partial charge in [0, 0.05) is 35.1 Å². The summed E-state index contributed by atoms with van der Waals surface area (Å²) in [6.45, 7) is 4.67. The van der Waals surface area contributed by atoms with Crippen molar-refractivity contribution < 1.29 is 14.4 Å². The molecular formula is C24H30N4O3. The van der Waals surface area contributed by atoms with Crippen molar-refractivity contribution in [2.45, 2.75) is 39.5 Å². The van der Waals surface area contributed by atoms with Crippen molar-refractivity contribution in [3.63, 3.8) is 0 Å². The highest BCUT2D eigenvalue weighted by Gasteiger charge is 2.29. The Labute approximate surface area is 183 Å². The van der Waals surface area contributed by atoms with Crippen molar-refractivity contribution in [1.82, 2.24) is 5.32 Å². The van der Waals surface area contributed by atoms with Crippen LogP contribution in [-0.4, -0.2) is 30.8 Å². The quantitative estimate of drug-likeness (QED) is 0.436. The van der Waals surface area contributed by atoms with Crippen molar-refractivity contribution in [2.24, 2.45) is 5.92 Å². The molecule has 4 N–H and O–H groups in total. The van der Waals surface area contributed by atoms with E-state index in [2.05, 4.69) is 28.2 Å². The third-order valence-electron chi connectivity index (χ3n) is 5.20. The molecule has 0 heterocycles. The maximum atomic E-state index is 12.4. The van der Waals surface area contributed by atoms with Crippen LogP contribution in [0.4, 0.5) is 17.1 Å². The molecule has 7 nitrogen and oxygen atoms in total. The van der Waals surface area contributed by atoms with E-state index in [0.717, 1.165) is 42.6 Å². The van der Waals surface area contributed by atoms with E-state index in [1.54, 1.807) is 24.3 Å². The fourth-order valence-corrected chi connectivity index (χ4v) is 3.14. The SMILES string of the molecule is CCCCNC(=O)c1cccc(NC(=O)CNc2cccc(NC(=O)C3CC3)c2C)c1. The van der Waals surface area contributed by atoms with Crippen molar-refractivity contribution in [1.29, 1.82) is 0 Å². The number of carbonyl (C=O) groups excluding carboxylic acids is 3. The van der Waals surface area contributed by atoms with Gasteiger partial charge in [-0.3, -0.25) is 14.4 Å². The molecule has 1 saturated carbocycles. The standard InChI is InChI=1S/C24H30N4O3/c1-3-4-13-25-23(30)18-7-5-8-19(14-18)27-22(29)15-26-20-9-6-10-21(16(20)2)28-24(31)17-11-12-17/h5-10,14,17,26H,3-4,11-13,15H2,1-2H3,(H,25,30)(H,27,29)(H,28,31). The second kappa shape index (κ2) is 10.6. The zero-order valence-corrected chi connectivity index (χ0v) is 18.1. The molecule has 1 aliphatic rings. The average molecular weight is 423 g/mol. The number of amides is 3. The minimum atomic E-state index is -0.227. The zero-order chi connectivity index (χ0) is 22.2. The van der Waals surface area contributed by atoms with E-state index in [1.165, 1.54) is 0 Å². The maximum absolute atomic E-state index is 12.4. The summed E-state index contributed by atoms with van der Waals surface area (Å²) in [5, 5.41) is 11.8. The summed E-state index contributed by atoms with van der Waals surface area (Å²) >= 11 is 0. The van der Waals surface area contributed by atoms with Crippen LogP contribution in [0.3, 0.4) is 0 Å². The summed E-state index contributed by atoms with van der Waals surface area (Å²) < 4.78 is 0. The molecule has 2 aromatic rings. The highest BCUT2D eigenvalue weighted by Crippen LogP contribution is 2.31. The van der Waals surface area contributed by atoms with Gasteiger partial charge in [-0.2, -0.15) is 0 Å². The lowest BCUT2D eigenvalue weighted by molar-refractivity contribution is -0.117. The Hall–Kier alpha value is -3.35. The Bertz CT molecular complexity index is 954. The Balaban J connectivity index is 1.54. The van der Waals surface area contributed by atoms with Gasteiger partial charge < -0.3 is 21.3 Å². The van der Waals surface area contributed by atoms with Gasteiger partial charge in [-0.25, -0.2) is 0 Å². The number of hydrogen-bond acceptors (Lipinski definition) is 4. The van der Waals surface area contributed by atoms with Crippen LogP contribution in [0.25, 0.3) is 0 Å². The molecule has 0 unspecified atom stereocenters. The van der Waals surface area contributed by atoms with Gasteiger partial charge >= 0.3 is 0 Å². The molecule has 0 spiro atoms. The summed E-state index contributed by atoms with van der Waals surface area (Å²) in [6, 6.07) is 12.5. The molecule has 31 heavy (non-hydrogen) atoms. The van der Waals surface area contributed by atoms with Crippen molar-refractivity contribution >= 4 is 34.8 Å². The highest BCUT2D eigenvalue weighted by atomic mass is 16.2. The number of benzene rings is 2. The maximum Gasteiger partial charge on any atom is 0.251 e. The molecule has 3 amide bonds. The molecule has 0 aliphatic heterocycles. The van der Waals surface area contributed by atoms with Crippen LogP contribution in [-0.2, 0) is 9.59 Å². The lowest BCUT2D eigenvalue weighted by Gasteiger charge is -2.14. The first-order chi connectivity index (χ1) is 15.0. The summed E-state index contributed by atoms with van der Waals surface area (Å²) in [5.74, 6) is -0.193. The fraction of sp³-hybridized carbons (Fsp3) is 0.375. The van der Waals surface area contributed by atoms with E-state index in [9.17, 15) is 14.4 Å². The van der Waals surface area contributed by atoms with E-state index in [-0.39, 0.29) is 30.2 Å². The second-order valence-electron chi connectivity index (χ2n) is 7.83. The van der Waals surface area contributed by atoms with Crippen LogP contribution >= 0.6 is 0 Å². The largest absolute Gasteiger partial charge is 0.376 e. The number of unbranched alkanes of at least 4 members (excludes halogenated alkanes) is 1. The zero-order valence-electron chi connectivity index (χ0n) is 18.1. The van der Waals surface area contributed by atoms with Gasteiger partial charge in [-0.05, 0) is 62.1 Å². The molecular weight excluding hydrogens is 392 g/mol. The molecule has 1 fully saturated rings. The third kappa shape index (κ3) is 6.57. The Kier molecular flexibility index (Phi) is 7.65. The molecule has 1 aliphatic carbocycles. The van der Waals surface area contributed by atoms with Gasteiger partial charge in [0.2, 0.25) is 11.8 Å². The van der Waals surface area contributed by atoms with E-state index in [4.69, 9.17) is 0 Å². The van der Waals surface area contributed by atoms with Gasteiger partial charge in [-0.1, -0.05) is 25.5 Å². The molecule has 0 saturated heterocycles. The minimum Gasteiger partial charge on any atom is -0.376 e. The molecule has 2 aromatic carbocycles. The Morgan fingerprint density at radius 3 is 2.48 bits per heavy atom. The van der Waals surface area contributed by atoms with Gasteiger partial charge in [-0.15, -0.1) is 0 Å². The predicted molar refractivity (Wildman–Crippen MR) is 123 cm³/mol. The van der Waals surface area contributed by atoms with Gasteiger partial charge in [0.15, 0.2) is 0 Å². The lowest BCUT2D eigenvalue weighted by atomic mass is 10.1. The molecule has 0 atom stereocenters. The van der Waals surface area contributed by atoms with Crippen LogP contribution < -0.4 is 21.3 Å². The Morgan fingerprint density at radius 1 is 1.00 bits per heavy atom. The van der Waals surface area contributed by atoms with E-state index < -0.39 is 0 Å². The second-order valence-corrected chi connectivity index (χ2v) is 7.83. The number of rotatable bonds is 10. The van der Waals surface area contributed by atoms with Gasteiger partial charge in [0.1, 0.15) is 0 Å². The average Bonchev–Trinajstić information content (AvgIpc) is 3.60. The van der Waals surface area contributed by atoms with Crippen molar-refractivity contribution in [3.05, 3.63) is 53.6 Å². The topological polar surface area (TPSA) is 99.3 Å². The molecule has 0 radical (unpaired) electrons. The van der Waals surface area contributed by atoms with E-state index in [1.807, 2.05) is 25.1 Å². The Morgan fingerprint density at radius 2 is 1.74 bits per heavy atom. The van der Waals surface area contributed by atoms with E-state index in [0.29, 0.717) is 17.8 Å². The van der Waals surface area contributed by atoms with Crippen molar-refractivity contribution in [2.75, 3.05) is 29.0 Å². The van der Waals surface area contributed by atoms with Gasteiger partial charge in [0.25, 0.3) is 5.91 Å². The third-order valence-corrected chi connectivity index (χ3v) is 5.20. The number of hydrogen-bond donors (Lipinski definition) is 4. The first-order valence-corrected chi connectivity index (χ1v) is 10.8. The fourth-order valence-electron chi connectivity index (χ4n) is 3.14. The van der Waals surface area contributed by atoms with Crippen LogP contribution in [0.2, 0.25) is 0 Å². The number of nitrogens with one attached hydrogen (secondary N) is 4. The summed E-state index contributed by atoms with van der Waals surface area (Å²) in [4.78, 5) is 36.6. The molecule has 0 aromatic heterocycles. The van der Waals surface area contributed by atoms with Crippen LogP contribution in [0, 0.1) is 12.8 Å². The number of anilines is 3. The summed E-state index contributed by atoms with van der Waals surface area (Å²) in [6.07, 6.45) is 3.84. The van der Waals surface area contributed by atoms with Crippen LogP contribution in [0.15, 0.2) is 42.5 Å². The van der Waals surface area contributed by atoms with Crippen LogP contribution in [0.1, 0.15) is 48.5 Å². The van der Waals surface area contributed by atoms with Crippen LogP contribution in [0.5, 0.6) is 0 Å². The smallest absolute Gasteiger partial charge is 0.251 e. The predicted octanol–water partition coefficient (Wildman–Crippen LogP) is 3.92. The summed E-state index contributed by atoms with van der Waals surface area (Å²) in [7, 11) is 0. The minimum absolute atomic E-state index is 0.0524. The monoisotopic (exact) mass is 422 g/mol. The molecule has 164 valence electrons. The van der Waals surface area contributed by atoms with Gasteiger partial charge in [0.05, 0.1) is 6.54 Å². The molecule has 7 heteroatoms. The number of carbonyl (C=O) groups is 3. The lowest BCUT2D eigenvalue weighted by Crippen LogP contribution is -2.25. The normalized spacial score (nSPS) is 12.7. The molecule has 0 bridgehead atoms. The van der Waals surface area contributed by atoms with Crippen molar-refractivity contribution in [3.8, 4) is 0 Å². The molecule has 3 rings (SSSR count). The first-order valence-electron chi connectivity index (χ1n) is 10.8.